The number of para-hydroxylation sites is 1. The number of rotatable bonds is 5. The lowest BCUT2D eigenvalue weighted by Crippen LogP contribution is -2.38. The van der Waals surface area contributed by atoms with Crippen LogP contribution in [-0.2, 0) is 6.42 Å². The van der Waals surface area contributed by atoms with Crippen molar-refractivity contribution in [3.63, 3.8) is 0 Å². The molecule has 0 aromatic heterocycles. The number of hydrogen-bond acceptors (Lipinski definition) is 3. The van der Waals surface area contributed by atoms with Crippen LogP contribution in [0.2, 0.25) is 0 Å². The fourth-order valence-electron chi connectivity index (χ4n) is 4.65. The summed E-state index contributed by atoms with van der Waals surface area (Å²) in [4.78, 5) is 5.17. The fourth-order valence-corrected chi connectivity index (χ4v) is 4.65. The van der Waals surface area contributed by atoms with Crippen molar-refractivity contribution in [3.05, 3.63) is 59.2 Å². The van der Waals surface area contributed by atoms with Crippen LogP contribution in [0, 0.1) is 0 Å². The molecular formula is C22H28N2O. The van der Waals surface area contributed by atoms with Crippen LogP contribution in [0.5, 0.6) is 5.75 Å². The molecule has 0 radical (unpaired) electrons. The van der Waals surface area contributed by atoms with Gasteiger partial charge in [-0.2, -0.15) is 0 Å². The molecule has 0 saturated heterocycles. The molecule has 2 aromatic rings. The zero-order valence-corrected chi connectivity index (χ0v) is 15.5. The van der Waals surface area contributed by atoms with Crippen molar-refractivity contribution < 1.29 is 4.74 Å². The lowest BCUT2D eigenvalue weighted by molar-refractivity contribution is 0.214. The molecule has 0 fully saturated rings. The molecule has 2 atom stereocenters. The molecule has 4 rings (SSSR count). The zero-order chi connectivity index (χ0) is 17.4. The molecule has 25 heavy (non-hydrogen) atoms. The summed E-state index contributed by atoms with van der Waals surface area (Å²) in [7, 11) is 4.03. The van der Waals surface area contributed by atoms with Crippen LogP contribution in [0.1, 0.15) is 48.5 Å². The summed E-state index contributed by atoms with van der Waals surface area (Å²) >= 11 is 0. The minimum atomic E-state index is 0.426. The first-order valence-corrected chi connectivity index (χ1v) is 9.45. The minimum absolute atomic E-state index is 0.426. The van der Waals surface area contributed by atoms with Crippen LogP contribution in [0.4, 0.5) is 5.69 Å². The van der Waals surface area contributed by atoms with Gasteiger partial charge in [0.1, 0.15) is 5.75 Å². The van der Waals surface area contributed by atoms with Gasteiger partial charge in [0.15, 0.2) is 0 Å². The Morgan fingerprint density at radius 3 is 2.84 bits per heavy atom. The smallest absolute Gasteiger partial charge is 0.119 e. The van der Waals surface area contributed by atoms with E-state index in [1.54, 1.807) is 7.11 Å². The number of hydrogen-bond donors (Lipinski definition) is 0. The van der Waals surface area contributed by atoms with E-state index in [0.29, 0.717) is 12.1 Å². The van der Waals surface area contributed by atoms with Crippen LogP contribution in [0.15, 0.2) is 42.5 Å². The first-order valence-electron chi connectivity index (χ1n) is 9.45. The van der Waals surface area contributed by atoms with Gasteiger partial charge in [-0.3, -0.25) is 4.90 Å². The normalized spacial score (nSPS) is 21.5. The van der Waals surface area contributed by atoms with Crippen LogP contribution in [-0.4, -0.2) is 32.1 Å². The minimum Gasteiger partial charge on any atom is -0.497 e. The zero-order valence-electron chi connectivity index (χ0n) is 15.5. The predicted molar refractivity (Wildman–Crippen MR) is 104 cm³/mol. The van der Waals surface area contributed by atoms with Gasteiger partial charge < -0.3 is 9.64 Å². The first kappa shape index (κ1) is 16.5. The topological polar surface area (TPSA) is 15.7 Å². The average Bonchev–Trinajstić information content (AvgIpc) is 3.08. The van der Waals surface area contributed by atoms with Crippen LogP contribution < -0.4 is 9.64 Å². The summed E-state index contributed by atoms with van der Waals surface area (Å²) in [5, 5.41) is 0. The van der Waals surface area contributed by atoms with E-state index in [9.17, 15) is 0 Å². The Morgan fingerprint density at radius 2 is 2.04 bits per heavy atom. The predicted octanol–water partition coefficient (Wildman–Crippen LogP) is 4.59. The maximum Gasteiger partial charge on any atom is 0.119 e. The second-order valence-corrected chi connectivity index (χ2v) is 7.32. The molecule has 0 bridgehead atoms. The molecular weight excluding hydrogens is 308 g/mol. The van der Waals surface area contributed by atoms with Gasteiger partial charge in [0.25, 0.3) is 0 Å². The lowest BCUT2D eigenvalue weighted by atomic mass is 9.86. The Bertz CT molecular complexity index is 757. The van der Waals surface area contributed by atoms with Crippen molar-refractivity contribution in [2.24, 2.45) is 0 Å². The van der Waals surface area contributed by atoms with Gasteiger partial charge in [-0.15, -0.1) is 0 Å². The van der Waals surface area contributed by atoms with Gasteiger partial charge in [-0.25, -0.2) is 0 Å². The van der Waals surface area contributed by atoms with E-state index in [4.69, 9.17) is 4.74 Å². The highest BCUT2D eigenvalue weighted by molar-refractivity contribution is 5.67. The molecule has 0 spiro atoms. The van der Waals surface area contributed by atoms with Gasteiger partial charge in [-0.1, -0.05) is 37.3 Å². The maximum absolute atomic E-state index is 5.48. The number of nitrogens with zero attached hydrogens (tertiary/aromatic N) is 2. The van der Waals surface area contributed by atoms with E-state index in [-0.39, 0.29) is 0 Å². The summed E-state index contributed by atoms with van der Waals surface area (Å²) in [5.41, 5.74) is 5.90. The van der Waals surface area contributed by atoms with Crippen molar-refractivity contribution in [1.82, 2.24) is 4.90 Å². The number of methoxy groups -OCH3 is 1. The highest BCUT2D eigenvalue weighted by atomic mass is 16.5. The Hall–Kier alpha value is -2.00. The van der Waals surface area contributed by atoms with Crippen molar-refractivity contribution in [2.45, 2.75) is 38.3 Å². The molecule has 2 aromatic carbocycles. The molecule has 132 valence electrons. The van der Waals surface area contributed by atoms with Crippen LogP contribution >= 0.6 is 0 Å². The van der Waals surface area contributed by atoms with E-state index >= 15 is 0 Å². The maximum atomic E-state index is 5.48. The summed E-state index contributed by atoms with van der Waals surface area (Å²) in [6.07, 6.45) is 3.49. The molecule has 3 heteroatoms. The van der Waals surface area contributed by atoms with Crippen molar-refractivity contribution >= 4 is 5.69 Å². The van der Waals surface area contributed by atoms with Crippen molar-refractivity contribution in [2.75, 3.05) is 32.1 Å². The van der Waals surface area contributed by atoms with Crippen LogP contribution in [0.3, 0.4) is 0 Å². The van der Waals surface area contributed by atoms with Crippen molar-refractivity contribution in [3.8, 4) is 5.75 Å². The fraction of sp³-hybridized carbons (Fsp3) is 0.455. The molecule has 2 aliphatic heterocycles. The summed E-state index contributed by atoms with van der Waals surface area (Å²) in [5.74, 6) is 0.953. The molecule has 2 aliphatic rings. The second-order valence-electron chi connectivity index (χ2n) is 7.32. The molecule has 0 aliphatic carbocycles. The van der Waals surface area contributed by atoms with E-state index in [0.717, 1.165) is 31.7 Å². The van der Waals surface area contributed by atoms with Crippen LogP contribution in [0.25, 0.3) is 0 Å². The molecule has 0 saturated carbocycles. The van der Waals surface area contributed by atoms with Gasteiger partial charge >= 0.3 is 0 Å². The third-order valence-corrected chi connectivity index (χ3v) is 5.83. The quantitative estimate of drug-likeness (QED) is 0.794. The largest absolute Gasteiger partial charge is 0.497 e. The SMILES string of the molecule is CCCN(C)C1CC(c2cccc(OC)c2)N2CCc3cccc1c32. The third-order valence-electron chi connectivity index (χ3n) is 5.83. The monoisotopic (exact) mass is 336 g/mol. The number of anilines is 1. The first-order chi connectivity index (χ1) is 12.2. The Balaban J connectivity index is 1.78. The van der Waals surface area contributed by atoms with Gasteiger partial charge in [0, 0.05) is 18.3 Å². The van der Waals surface area contributed by atoms with E-state index in [1.807, 2.05) is 6.07 Å². The Labute approximate surface area is 151 Å². The molecule has 0 amide bonds. The summed E-state index contributed by atoms with van der Waals surface area (Å²) in [6, 6.07) is 16.4. The third kappa shape index (κ3) is 2.81. The lowest BCUT2D eigenvalue weighted by Gasteiger charge is -2.43. The molecule has 2 unspecified atom stereocenters. The van der Waals surface area contributed by atoms with Gasteiger partial charge in [-0.05, 0) is 61.7 Å². The second kappa shape index (κ2) is 6.72. The van der Waals surface area contributed by atoms with E-state index in [2.05, 4.69) is 60.2 Å². The summed E-state index contributed by atoms with van der Waals surface area (Å²) in [6.45, 7) is 4.53. The number of benzene rings is 2. The van der Waals surface area contributed by atoms with Gasteiger partial charge in [0.05, 0.1) is 13.2 Å². The highest BCUT2D eigenvalue weighted by Crippen LogP contribution is 2.50. The van der Waals surface area contributed by atoms with Crippen molar-refractivity contribution in [1.29, 1.82) is 0 Å². The standard InChI is InChI=1S/C22H28N2O/c1-4-12-23(2)21-15-20(17-8-5-9-18(14-17)25-3)24-13-11-16-7-6-10-19(21)22(16)24/h5-10,14,20-21H,4,11-13,15H2,1-3H3. The van der Waals surface area contributed by atoms with E-state index < -0.39 is 0 Å². The Kier molecular flexibility index (Phi) is 4.43. The van der Waals surface area contributed by atoms with E-state index in [1.165, 1.54) is 28.8 Å². The Morgan fingerprint density at radius 1 is 1.20 bits per heavy atom. The highest BCUT2D eigenvalue weighted by Gasteiger charge is 2.38. The molecule has 0 N–H and O–H groups in total. The van der Waals surface area contributed by atoms with Gasteiger partial charge in [0.2, 0.25) is 0 Å². The molecule has 3 nitrogen and oxygen atoms in total. The average molecular weight is 336 g/mol. The number of ether oxygens (including phenoxy) is 1. The summed E-state index contributed by atoms with van der Waals surface area (Å²) < 4.78 is 5.48. The molecule has 2 heterocycles.